The predicted octanol–water partition coefficient (Wildman–Crippen LogP) is 3.47. The fourth-order valence-electron chi connectivity index (χ4n) is 2.61. The summed E-state index contributed by atoms with van der Waals surface area (Å²) in [5.74, 6) is 6.87. The van der Waals surface area contributed by atoms with Gasteiger partial charge in [-0.3, -0.25) is 4.79 Å². The highest BCUT2D eigenvalue weighted by molar-refractivity contribution is 7.99. The molecule has 2 heterocycles. The molecule has 0 saturated carbocycles. The third-order valence-electron chi connectivity index (χ3n) is 3.85. The van der Waals surface area contributed by atoms with Crippen molar-refractivity contribution in [3.8, 4) is 10.7 Å². The van der Waals surface area contributed by atoms with E-state index in [9.17, 15) is 4.79 Å². The maximum Gasteiger partial charge on any atom is 0.230 e. The van der Waals surface area contributed by atoms with Gasteiger partial charge in [0.15, 0.2) is 5.82 Å². The van der Waals surface area contributed by atoms with Crippen LogP contribution in [0.3, 0.4) is 0 Å². The monoisotopic (exact) mass is 387 g/mol. The smallest absolute Gasteiger partial charge is 0.230 e. The van der Waals surface area contributed by atoms with Gasteiger partial charge >= 0.3 is 0 Å². The van der Waals surface area contributed by atoms with Crippen molar-refractivity contribution in [3.63, 3.8) is 0 Å². The topological polar surface area (TPSA) is 85.8 Å². The predicted molar refractivity (Wildman–Crippen MR) is 106 cm³/mol. The fourth-order valence-corrected chi connectivity index (χ4v) is 3.98. The van der Waals surface area contributed by atoms with Crippen molar-refractivity contribution in [1.82, 2.24) is 20.2 Å². The van der Waals surface area contributed by atoms with E-state index in [0.717, 1.165) is 23.3 Å². The average Bonchev–Trinajstić information content (AvgIpc) is 3.30. The van der Waals surface area contributed by atoms with Gasteiger partial charge in [0.2, 0.25) is 11.1 Å². The molecular weight excluding hydrogens is 366 g/mol. The molecule has 3 N–H and O–H groups in total. The summed E-state index contributed by atoms with van der Waals surface area (Å²) >= 11 is 2.83. The number of hydrogen-bond donors (Lipinski definition) is 2. The Balaban J connectivity index is 1.60. The Labute approximate surface area is 160 Å². The van der Waals surface area contributed by atoms with Gasteiger partial charge in [0.05, 0.1) is 16.7 Å². The van der Waals surface area contributed by atoms with Crippen LogP contribution in [0.25, 0.3) is 10.7 Å². The van der Waals surface area contributed by atoms with Gasteiger partial charge < -0.3 is 11.2 Å². The van der Waals surface area contributed by atoms with Crippen LogP contribution in [0.5, 0.6) is 0 Å². The van der Waals surface area contributed by atoms with E-state index in [0.29, 0.717) is 11.0 Å². The zero-order chi connectivity index (χ0) is 18.4. The third-order valence-corrected chi connectivity index (χ3v) is 5.66. The summed E-state index contributed by atoms with van der Waals surface area (Å²) in [5.41, 5.74) is 1.12. The molecule has 1 atom stereocenters. The zero-order valence-corrected chi connectivity index (χ0v) is 16.1. The summed E-state index contributed by atoms with van der Waals surface area (Å²) in [4.78, 5) is 13.3. The average molecular weight is 388 g/mol. The van der Waals surface area contributed by atoms with E-state index in [1.165, 1.54) is 16.4 Å². The van der Waals surface area contributed by atoms with E-state index in [1.807, 2.05) is 47.8 Å². The summed E-state index contributed by atoms with van der Waals surface area (Å²) in [6, 6.07) is 13.9. The van der Waals surface area contributed by atoms with Crippen LogP contribution in [-0.2, 0) is 4.79 Å². The second-order valence-electron chi connectivity index (χ2n) is 5.76. The van der Waals surface area contributed by atoms with Crippen LogP contribution in [0.15, 0.2) is 53.0 Å². The van der Waals surface area contributed by atoms with Crippen LogP contribution in [0.1, 0.15) is 31.4 Å². The quantitative estimate of drug-likeness (QED) is 0.457. The fraction of sp³-hybridized carbons (Fsp3) is 0.278. The maximum atomic E-state index is 12.4. The highest BCUT2D eigenvalue weighted by Crippen LogP contribution is 2.25. The van der Waals surface area contributed by atoms with Crippen molar-refractivity contribution in [3.05, 3.63) is 53.4 Å². The first-order chi connectivity index (χ1) is 12.7. The van der Waals surface area contributed by atoms with E-state index in [4.69, 9.17) is 5.84 Å². The van der Waals surface area contributed by atoms with Gasteiger partial charge in [-0.25, -0.2) is 4.68 Å². The number of aromatic nitrogens is 3. The highest BCUT2D eigenvalue weighted by atomic mass is 32.2. The number of rotatable bonds is 8. The van der Waals surface area contributed by atoms with Gasteiger partial charge in [-0.1, -0.05) is 61.5 Å². The molecule has 0 saturated heterocycles. The SMILES string of the molecule is CCC[C@H](NC(=O)CSc1nnc(-c2cccs2)n1N)c1ccccc1. The molecule has 136 valence electrons. The molecule has 2 aromatic heterocycles. The molecule has 1 amide bonds. The van der Waals surface area contributed by atoms with Crippen molar-refractivity contribution in [2.75, 3.05) is 11.6 Å². The number of amides is 1. The van der Waals surface area contributed by atoms with Crippen LogP contribution in [0.2, 0.25) is 0 Å². The van der Waals surface area contributed by atoms with Crippen molar-refractivity contribution in [2.24, 2.45) is 0 Å². The first-order valence-electron chi connectivity index (χ1n) is 8.40. The number of hydrogen-bond acceptors (Lipinski definition) is 6. The summed E-state index contributed by atoms with van der Waals surface area (Å²) in [6.45, 7) is 2.11. The minimum Gasteiger partial charge on any atom is -0.349 e. The van der Waals surface area contributed by atoms with Crippen LogP contribution >= 0.6 is 23.1 Å². The van der Waals surface area contributed by atoms with E-state index in [2.05, 4.69) is 22.4 Å². The van der Waals surface area contributed by atoms with Crippen molar-refractivity contribution in [2.45, 2.75) is 31.0 Å². The molecule has 6 nitrogen and oxygen atoms in total. The number of nitrogen functional groups attached to an aromatic ring is 1. The number of nitrogens with one attached hydrogen (secondary N) is 1. The Morgan fingerprint density at radius 3 is 2.77 bits per heavy atom. The summed E-state index contributed by atoms with van der Waals surface area (Å²) in [5, 5.41) is 13.8. The number of nitrogens with zero attached hydrogens (tertiary/aromatic N) is 3. The van der Waals surface area contributed by atoms with E-state index in [1.54, 1.807) is 11.3 Å². The van der Waals surface area contributed by atoms with Gasteiger partial charge in [-0.05, 0) is 23.4 Å². The van der Waals surface area contributed by atoms with Crippen LogP contribution < -0.4 is 11.2 Å². The molecule has 1 aromatic carbocycles. The summed E-state index contributed by atoms with van der Waals surface area (Å²) in [6.07, 6.45) is 1.89. The van der Waals surface area contributed by atoms with E-state index >= 15 is 0 Å². The summed E-state index contributed by atoms with van der Waals surface area (Å²) in [7, 11) is 0. The third kappa shape index (κ3) is 4.44. The number of benzene rings is 1. The lowest BCUT2D eigenvalue weighted by molar-refractivity contribution is -0.119. The number of carbonyl (C=O) groups excluding carboxylic acids is 1. The molecule has 0 fully saturated rings. The van der Waals surface area contributed by atoms with Crippen LogP contribution in [-0.4, -0.2) is 26.5 Å². The second-order valence-corrected chi connectivity index (χ2v) is 7.65. The Morgan fingerprint density at radius 2 is 2.08 bits per heavy atom. The van der Waals surface area contributed by atoms with Gasteiger partial charge in [0, 0.05) is 0 Å². The molecule has 0 unspecified atom stereocenters. The molecule has 3 aromatic rings. The Kier molecular flexibility index (Phi) is 6.30. The zero-order valence-electron chi connectivity index (χ0n) is 14.5. The minimum atomic E-state index is -0.0435. The lowest BCUT2D eigenvalue weighted by atomic mass is 10.0. The Bertz CT molecular complexity index is 833. The van der Waals surface area contributed by atoms with E-state index < -0.39 is 0 Å². The molecule has 0 radical (unpaired) electrons. The van der Waals surface area contributed by atoms with E-state index in [-0.39, 0.29) is 17.7 Å². The normalized spacial score (nSPS) is 12.0. The molecule has 0 aliphatic rings. The van der Waals surface area contributed by atoms with Gasteiger partial charge in [-0.15, -0.1) is 21.5 Å². The number of thioether (sulfide) groups is 1. The van der Waals surface area contributed by atoms with Crippen LogP contribution in [0, 0.1) is 0 Å². The first kappa shape index (κ1) is 18.5. The molecule has 26 heavy (non-hydrogen) atoms. The molecule has 3 rings (SSSR count). The maximum absolute atomic E-state index is 12.4. The van der Waals surface area contributed by atoms with Gasteiger partial charge in [0.1, 0.15) is 0 Å². The number of carbonyl (C=O) groups is 1. The number of thiophene rings is 1. The molecule has 0 bridgehead atoms. The molecular formula is C18H21N5OS2. The molecule has 0 aliphatic carbocycles. The van der Waals surface area contributed by atoms with Crippen molar-refractivity contribution in [1.29, 1.82) is 0 Å². The minimum absolute atomic E-state index is 0.0201. The molecule has 8 heteroatoms. The first-order valence-corrected chi connectivity index (χ1v) is 10.3. The largest absolute Gasteiger partial charge is 0.349 e. The molecule has 0 aliphatic heterocycles. The van der Waals surface area contributed by atoms with Crippen LogP contribution in [0.4, 0.5) is 0 Å². The lowest BCUT2D eigenvalue weighted by Crippen LogP contribution is -2.30. The standard InChI is InChI=1S/C18H21N5OS2/c1-2-7-14(13-8-4-3-5-9-13)20-16(24)12-26-18-22-21-17(23(18)19)15-10-6-11-25-15/h3-6,8-11,14H,2,7,12,19H2,1H3,(H,20,24)/t14-/m0/s1. The van der Waals surface area contributed by atoms with Gasteiger partial charge in [-0.2, -0.15) is 0 Å². The second kappa shape index (κ2) is 8.86. The van der Waals surface area contributed by atoms with Crippen molar-refractivity contribution < 1.29 is 4.79 Å². The Hall–Kier alpha value is -2.32. The lowest BCUT2D eigenvalue weighted by Gasteiger charge is -2.18. The van der Waals surface area contributed by atoms with Gasteiger partial charge in [0.25, 0.3) is 0 Å². The Morgan fingerprint density at radius 1 is 1.27 bits per heavy atom. The molecule has 0 spiro atoms. The summed E-state index contributed by atoms with van der Waals surface area (Å²) < 4.78 is 1.44. The highest BCUT2D eigenvalue weighted by Gasteiger charge is 2.17. The number of nitrogens with two attached hydrogens (primary N) is 1. The van der Waals surface area contributed by atoms with Crippen molar-refractivity contribution >= 4 is 29.0 Å².